The van der Waals surface area contributed by atoms with Crippen LogP contribution in [0.5, 0.6) is 5.75 Å². The Kier molecular flexibility index (Phi) is 4.04. The van der Waals surface area contributed by atoms with Crippen molar-refractivity contribution in [3.05, 3.63) is 24.3 Å². The van der Waals surface area contributed by atoms with Gasteiger partial charge in [0.1, 0.15) is 5.75 Å². The largest absolute Gasteiger partial charge is 0.491 e. The Hall–Kier alpha value is -1.75. The van der Waals surface area contributed by atoms with Gasteiger partial charge in [0.25, 0.3) is 0 Å². The standard InChI is InChI=1S/C13H19N3O2/c1-10(13(17)15-14)9-16-7-4-8-18-12-6-3-2-5-11(12)16/h2-3,5-6,10H,4,7-9,14H2,1H3,(H,15,17). The van der Waals surface area contributed by atoms with Gasteiger partial charge < -0.3 is 9.64 Å². The molecule has 5 heteroatoms. The molecule has 1 aliphatic rings. The molecule has 1 aromatic carbocycles. The van der Waals surface area contributed by atoms with Gasteiger partial charge in [-0.2, -0.15) is 0 Å². The van der Waals surface area contributed by atoms with E-state index < -0.39 is 0 Å². The summed E-state index contributed by atoms with van der Waals surface area (Å²) in [4.78, 5) is 13.7. The van der Waals surface area contributed by atoms with Crippen LogP contribution in [0, 0.1) is 5.92 Å². The number of fused-ring (bicyclic) bond motifs is 1. The molecule has 18 heavy (non-hydrogen) atoms. The Bertz CT molecular complexity index is 422. The lowest BCUT2D eigenvalue weighted by molar-refractivity contribution is -0.124. The minimum atomic E-state index is -0.152. The van der Waals surface area contributed by atoms with Crippen LogP contribution >= 0.6 is 0 Å². The number of para-hydroxylation sites is 2. The average Bonchev–Trinajstić information content (AvgIpc) is 2.60. The zero-order valence-electron chi connectivity index (χ0n) is 10.6. The van der Waals surface area contributed by atoms with Crippen molar-refractivity contribution in [2.24, 2.45) is 11.8 Å². The molecule has 1 aliphatic heterocycles. The molecule has 0 saturated carbocycles. The Morgan fingerprint density at radius 2 is 2.33 bits per heavy atom. The van der Waals surface area contributed by atoms with Crippen molar-refractivity contribution < 1.29 is 9.53 Å². The first-order valence-electron chi connectivity index (χ1n) is 6.19. The van der Waals surface area contributed by atoms with Crippen molar-refractivity contribution >= 4 is 11.6 Å². The highest BCUT2D eigenvalue weighted by atomic mass is 16.5. The minimum absolute atomic E-state index is 0.141. The molecule has 0 radical (unpaired) electrons. The lowest BCUT2D eigenvalue weighted by Crippen LogP contribution is -2.40. The third kappa shape index (κ3) is 2.73. The van der Waals surface area contributed by atoms with Gasteiger partial charge in [0, 0.05) is 13.1 Å². The van der Waals surface area contributed by atoms with E-state index in [0.29, 0.717) is 13.2 Å². The quantitative estimate of drug-likeness (QED) is 0.474. The molecule has 0 spiro atoms. The van der Waals surface area contributed by atoms with Crippen LogP contribution in [0.1, 0.15) is 13.3 Å². The fourth-order valence-electron chi connectivity index (χ4n) is 2.14. The maximum atomic E-state index is 11.5. The van der Waals surface area contributed by atoms with Crippen LogP contribution in [0.2, 0.25) is 0 Å². The Morgan fingerprint density at radius 3 is 3.11 bits per heavy atom. The number of anilines is 1. The number of carbonyl (C=O) groups is 1. The molecule has 0 aromatic heterocycles. The molecule has 3 N–H and O–H groups in total. The van der Waals surface area contributed by atoms with Gasteiger partial charge in [-0.1, -0.05) is 19.1 Å². The normalized spacial score (nSPS) is 16.2. The van der Waals surface area contributed by atoms with Gasteiger partial charge >= 0.3 is 0 Å². The number of benzene rings is 1. The average molecular weight is 249 g/mol. The summed E-state index contributed by atoms with van der Waals surface area (Å²) in [5, 5.41) is 0. The van der Waals surface area contributed by atoms with E-state index in [-0.39, 0.29) is 11.8 Å². The van der Waals surface area contributed by atoms with Crippen LogP contribution in [-0.4, -0.2) is 25.6 Å². The number of nitrogens with two attached hydrogens (primary N) is 1. The van der Waals surface area contributed by atoms with Gasteiger partial charge in [-0.05, 0) is 18.6 Å². The number of hydrogen-bond donors (Lipinski definition) is 2. The molecular formula is C13H19N3O2. The van der Waals surface area contributed by atoms with E-state index in [2.05, 4.69) is 10.3 Å². The predicted octanol–water partition coefficient (Wildman–Crippen LogP) is 0.902. The number of hydrazine groups is 1. The van der Waals surface area contributed by atoms with Crippen LogP contribution < -0.4 is 20.9 Å². The van der Waals surface area contributed by atoms with Crippen LogP contribution in [0.25, 0.3) is 0 Å². The topological polar surface area (TPSA) is 67.6 Å². The summed E-state index contributed by atoms with van der Waals surface area (Å²) < 4.78 is 5.68. The lowest BCUT2D eigenvalue weighted by atomic mass is 10.1. The summed E-state index contributed by atoms with van der Waals surface area (Å²) in [5.74, 6) is 5.75. The molecule has 0 bridgehead atoms. The van der Waals surface area contributed by atoms with Gasteiger partial charge in [-0.15, -0.1) is 0 Å². The van der Waals surface area contributed by atoms with Crippen LogP contribution in [-0.2, 0) is 4.79 Å². The molecule has 5 nitrogen and oxygen atoms in total. The van der Waals surface area contributed by atoms with Gasteiger partial charge in [-0.3, -0.25) is 10.2 Å². The maximum absolute atomic E-state index is 11.5. The van der Waals surface area contributed by atoms with Gasteiger partial charge in [0.05, 0.1) is 18.2 Å². The van der Waals surface area contributed by atoms with Crippen LogP contribution in [0.3, 0.4) is 0 Å². The van der Waals surface area contributed by atoms with Gasteiger partial charge in [-0.25, -0.2) is 5.84 Å². The molecular weight excluding hydrogens is 230 g/mol. The fraction of sp³-hybridized carbons (Fsp3) is 0.462. The Balaban J connectivity index is 2.15. The smallest absolute Gasteiger partial charge is 0.238 e. The van der Waals surface area contributed by atoms with E-state index in [9.17, 15) is 4.79 Å². The van der Waals surface area contributed by atoms with Gasteiger partial charge in [0.15, 0.2) is 0 Å². The monoisotopic (exact) mass is 249 g/mol. The number of nitrogens with one attached hydrogen (secondary N) is 1. The lowest BCUT2D eigenvalue weighted by Gasteiger charge is -2.26. The van der Waals surface area contributed by atoms with Crippen LogP contribution in [0.4, 0.5) is 5.69 Å². The number of ether oxygens (including phenoxy) is 1. The van der Waals surface area contributed by atoms with Crippen molar-refractivity contribution in [1.82, 2.24) is 5.43 Å². The Labute approximate surface area is 107 Å². The van der Waals surface area contributed by atoms with E-state index in [1.807, 2.05) is 31.2 Å². The van der Waals surface area contributed by atoms with Crippen LogP contribution in [0.15, 0.2) is 24.3 Å². The number of nitrogens with zero attached hydrogens (tertiary/aromatic N) is 1. The van der Waals surface area contributed by atoms with Crippen molar-refractivity contribution in [3.63, 3.8) is 0 Å². The second kappa shape index (κ2) is 5.73. The first-order valence-corrected chi connectivity index (χ1v) is 6.19. The molecule has 1 unspecified atom stereocenters. The number of hydrogen-bond acceptors (Lipinski definition) is 4. The summed E-state index contributed by atoms with van der Waals surface area (Å²) in [6.45, 7) is 4.12. The van der Waals surface area contributed by atoms with Crippen molar-refractivity contribution in [3.8, 4) is 5.75 Å². The summed E-state index contributed by atoms with van der Waals surface area (Å²) in [6, 6.07) is 7.92. The van der Waals surface area contributed by atoms with E-state index in [1.54, 1.807) is 0 Å². The second-order valence-electron chi connectivity index (χ2n) is 4.53. The predicted molar refractivity (Wildman–Crippen MR) is 70.3 cm³/mol. The minimum Gasteiger partial charge on any atom is -0.491 e. The SMILES string of the molecule is CC(CN1CCCOc2ccccc21)C(=O)NN. The van der Waals surface area contributed by atoms with E-state index in [4.69, 9.17) is 10.6 Å². The molecule has 1 amide bonds. The molecule has 2 rings (SSSR count). The van der Waals surface area contributed by atoms with E-state index in [1.165, 1.54) is 0 Å². The molecule has 1 atom stereocenters. The first kappa shape index (κ1) is 12.7. The Morgan fingerprint density at radius 1 is 1.56 bits per heavy atom. The summed E-state index contributed by atoms with van der Waals surface area (Å²) in [6.07, 6.45) is 0.950. The molecule has 0 saturated heterocycles. The summed E-state index contributed by atoms with van der Waals surface area (Å²) in [7, 11) is 0. The summed E-state index contributed by atoms with van der Waals surface area (Å²) in [5.41, 5.74) is 3.24. The number of rotatable bonds is 3. The van der Waals surface area contributed by atoms with Crippen molar-refractivity contribution in [1.29, 1.82) is 0 Å². The zero-order chi connectivity index (χ0) is 13.0. The third-order valence-electron chi connectivity index (χ3n) is 3.12. The third-order valence-corrected chi connectivity index (χ3v) is 3.12. The fourth-order valence-corrected chi connectivity index (χ4v) is 2.14. The molecule has 98 valence electrons. The highest BCUT2D eigenvalue weighted by Crippen LogP contribution is 2.30. The maximum Gasteiger partial charge on any atom is 0.238 e. The number of carbonyl (C=O) groups excluding carboxylic acids is 1. The van der Waals surface area contributed by atoms with Gasteiger partial charge in [0.2, 0.25) is 5.91 Å². The first-order chi connectivity index (χ1) is 8.72. The summed E-state index contributed by atoms with van der Waals surface area (Å²) >= 11 is 0. The highest BCUT2D eigenvalue weighted by molar-refractivity contribution is 5.78. The highest BCUT2D eigenvalue weighted by Gasteiger charge is 2.20. The van der Waals surface area contributed by atoms with Crippen molar-refractivity contribution in [2.45, 2.75) is 13.3 Å². The number of amides is 1. The van der Waals surface area contributed by atoms with E-state index >= 15 is 0 Å². The molecule has 1 aromatic rings. The van der Waals surface area contributed by atoms with E-state index in [0.717, 1.165) is 24.4 Å². The molecule has 1 heterocycles. The molecule has 0 aliphatic carbocycles. The molecule has 0 fully saturated rings. The second-order valence-corrected chi connectivity index (χ2v) is 4.53. The van der Waals surface area contributed by atoms with Crippen molar-refractivity contribution in [2.75, 3.05) is 24.6 Å². The zero-order valence-corrected chi connectivity index (χ0v) is 10.6.